The Kier molecular flexibility index (Phi) is 3.48. The van der Waals surface area contributed by atoms with E-state index in [2.05, 4.69) is 35.8 Å². The number of nitrogens with one attached hydrogen (secondary N) is 1. The summed E-state index contributed by atoms with van der Waals surface area (Å²) in [6.07, 6.45) is 0. The molecule has 3 aromatic heterocycles. The van der Waals surface area contributed by atoms with Crippen molar-refractivity contribution >= 4 is 32.1 Å². The Morgan fingerprint density at radius 2 is 2.11 bits per heavy atom. The second-order valence-electron chi connectivity index (χ2n) is 4.66. The van der Waals surface area contributed by atoms with Crippen LogP contribution in [0.4, 0.5) is 0 Å². The predicted molar refractivity (Wildman–Crippen MR) is 83.4 cm³/mol. The van der Waals surface area contributed by atoms with Gasteiger partial charge in [0.15, 0.2) is 0 Å². The van der Waals surface area contributed by atoms with Crippen LogP contribution in [0.2, 0.25) is 0 Å². The van der Waals surface area contributed by atoms with E-state index in [-0.39, 0.29) is 6.04 Å². The molecule has 1 N–H and O–H groups in total. The Bertz CT molecular complexity index is 663. The molecule has 3 aromatic rings. The SMILES string of the molecule is CCNC(c1cc2sccc2s1)c1cc(C)oc1C. The fourth-order valence-electron chi connectivity index (χ4n) is 2.43. The molecular formula is C15H17NOS2. The molecule has 19 heavy (non-hydrogen) atoms. The molecule has 0 saturated carbocycles. The summed E-state index contributed by atoms with van der Waals surface area (Å²) in [5.74, 6) is 1.99. The van der Waals surface area contributed by atoms with Crippen LogP contribution in [0.15, 0.2) is 28.0 Å². The molecule has 0 fully saturated rings. The van der Waals surface area contributed by atoms with E-state index in [9.17, 15) is 0 Å². The Labute approximate surface area is 121 Å². The summed E-state index contributed by atoms with van der Waals surface area (Å²) in [7, 11) is 0. The van der Waals surface area contributed by atoms with Gasteiger partial charge in [0, 0.05) is 19.8 Å². The number of thiophene rings is 2. The number of aryl methyl sites for hydroxylation is 2. The average molecular weight is 291 g/mol. The quantitative estimate of drug-likeness (QED) is 0.741. The van der Waals surface area contributed by atoms with Crippen LogP contribution < -0.4 is 5.32 Å². The van der Waals surface area contributed by atoms with Crippen molar-refractivity contribution in [1.82, 2.24) is 5.32 Å². The first-order chi connectivity index (χ1) is 9.19. The normalized spacial score (nSPS) is 13.2. The number of fused-ring (bicyclic) bond motifs is 1. The van der Waals surface area contributed by atoms with E-state index in [1.54, 1.807) is 0 Å². The Hall–Kier alpha value is -1.10. The van der Waals surface area contributed by atoms with Crippen LogP contribution in [0.25, 0.3) is 9.40 Å². The van der Waals surface area contributed by atoms with Crippen molar-refractivity contribution in [1.29, 1.82) is 0 Å². The molecule has 0 amide bonds. The first-order valence-electron chi connectivity index (χ1n) is 6.46. The Morgan fingerprint density at radius 1 is 1.26 bits per heavy atom. The molecular weight excluding hydrogens is 274 g/mol. The highest BCUT2D eigenvalue weighted by Gasteiger charge is 2.20. The summed E-state index contributed by atoms with van der Waals surface area (Å²) in [6.45, 7) is 7.14. The molecule has 100 valence electrons. The van der Waals surface area contributed by atoms with Crippen molar-refractivity contribution in [2.45, 2.75) is 26.8 Å². The van der Waals surface area contributed by atoms with Crippen LogP contribution in [-0.4, -0.2) is 6.54 Å². The molecule has 0 saturated heterocycles. The van der Waals surface area contributed by atoms with Gasteiger partial charge in [-0.25, -0.2) is 0 Å². The van der Waals surface area contributed by atoms with Gasteiger partial charge in [0.2, 0.25) is 0 Å². The molecule has 4 heteroatoms. The van der Waals surface area contributed by atoms with Crippen molar-refractivity contribution in [2.24, 2.45) is 0 Å². The van der Waals surface area contributed by atoms with Crippen LogP contribution >= 0.6 is 22.7 Å². The molecule has 0 aliphatic rings. The van der Waals surface area contributed by atoms with Crippen molar-refractivity contribution in [2.75, 3.05) is 6.54 Å². The van der Waals surface area contributed by atoms with Crippen LogP contribution in [0.3, 0.4) is 0 Å². The largest absolute Gasteiger partial charge is 0.466 e. The van der Waals surface area contributed by atoms with Crippen molar-refractivity contribution in [3.05, 3.63) is 45.5 Å². The first-order valence-corrected chi connectivity index (χ1v) is 8.16. The summed E-state index contributed by atoms with van der Waals surface area (Å²) in [4.78, 5) is 1.37. The van der Waals surface area contributed by atoms with E-state index in [0.29, 0.717) is 0 Å². The number of hydrogen-bond acceptors (Lipinski definition) is 4. The zero-order valence-corrected chi connectivity index (χ0v) is 13.0. The monoisotopic (exact) mass is 291 g/mol. The lowest BCUT2D eigenvalue weighted by atomic mass is 10.1. The molecule has 0 spiro atoms. The number of furan rings is 1. The van der Waals surface area contributed by atoms with Crippen molar-refractivity contribution < 1.29 is 4.42 Å². The van der Waals surface area contributed by atoms with Gasteiger partial charge in [-0.05, 0) is 44.0 Å². The molecule has 2 nitrogen and oxygen atoms in total. The van der Waals surface area contributed by atoms with Gasteiger partial charge in [0.1, 0.15) is 11.5 Å². The highest BCUT2D eigenvalue weighted by Crippen LogP contribution is 2.37. The molecule has 0 aliphatic carbocycles. The lowest BCUT2D eigenvalue weighted by molar-refractivity contribution is 0.495. The zero-order valence-electron chi connectivity index (χ0n) is 11.3. The maximum atomic E-state index is 5.69. The van der Waals surface area contributed by atoms with Gasteiger partial charge in [-0.15, -0.1) is 22.7 Å². The van der Waals surface area contributed by atoms with E-state index < -0.39 is 0 Å². The summed E-state index contributed by atoms with van der Waals surface area (Å²) in [6, 6.07) is 6.90. The highest BCUT2D eigenvalue weighted by atomic mass is 32.1. The Morgan fingerprint density at radius 3 is 2.74 bits per heavy atom. The first kappa shape index (κ1) is 12.9. The molecule has 1 unspecified atom stereocenters. The fraction of sp³-hybridized carbons (Fsp3) is 0.333. The summed E-state index contributed by atoms with van der Waals surface area (Å²) < 4.78 is 8.44. The third kappa shape index (κ3) is 2.36. The van der Waals surface area contributed by atoms with Gasteiger partial charge in [-0.2, -0.15) is 0 Å². The van der Waals surface area contributed by atoms with E-state index >= 15 is 0 Å². The van der Waals surface area contributed by atoms with E-state index in [1.165, 1.54) is 19.8 Å². The molecule has 0 radical (unpaired) electrons. The van der Waals surface area contributed by atoms with Crippen LogP contribution in [0.5, 0.6) is 0 Å². The summed E-state index contributed by atoms with van der Waals surface area (Å²) in [5.41, 5.74) is 1.26. The summed E-state index contributed by atoms with van der Waals surface area (Å²) in [5, 5.41) is 5.73. The summed E-state index contributed by atoms with van der Waals surface area (Å²) >= 11 is 3.68. The molecule has 1 atom stereocenters. The van der Waals surface area contributed by atoms with E-state index in [0.717, 1.165) is 18.1 Å². The van der Waals surface area contributed by atoms with E-state index in [1.807, 2.05) is 36.5 Å². The molecule has 3 rings (SSSR count). The molecule has 0 aromatic carbocycles. The van der Waals surface area contributed by atoms with Crippen molar-refractivity contribution in [3.63, 3.8) is 0 Å². The van der Waals surface area contributed by atoms with Gasteiger partial charge >= 0.3 is 0 Å². The van der Waals surface area contributed by atoms with Crippen LogP contribution in [0.1, 0.15) is 34.9 Å². The third-order valence-corrected chi connectivity index (χ3v) is 5.40. The van der Waals surface area contributed by atoms with Gasteiger partial charge in [0.25, 0.3) is 0 Å². The average Bonchev–Trinajstić information content (AvgIpc) is 3.00. The smallest absolute Gasteiger partial charge is 0.106 e. The lowest BCUT2D eigenvalue weighted by Gasteiger charge is -2.15. The lowest BCUT2D eigenvalue weighted by Crippen LogP contribution is -2.21. The molecule has 0 bridgehead atoms. The minimum atomic E-state index is 0.243. The van der Waals surface area contributed by atoms with Crippen LogP contribution in [0, 0.1) is 13.8 Å². The second kappa shape index (κ2) is 5.12. The topological polar surface area (TPSA) is 25.2 Å². The highest BCUT2D eigenvalue weighted by molar-refractivity contribution is 7.27. The second-order valence-corrected chi connectivity index (χ2v) is 6.72. The fourth-order valence-corrected chi connectivity index (χ4v) is 4.65. The van der Waals surface area contributed by atoms with Gasteiger partial charge < -0.3 is 9.73 Å². The van der Waals surface area contributed by atoms with Crippen LogP contribution in [-0.2, 0) is 0 Å². The number of hydrogen-bond donors (Lipinski definition) is 1. The maximum absolute atomic E-state index is 5.69. The zero-order chi connectivity index (χ0) is 13.4. The third-order valence-electron chi connectivity index (χ3n) is 3.24. The number of rotatable bonds is 4. The molecule has 0 aliphatic heterocycles. The van der Waals surface area contributed by atoms with Gasteiger partial charge in [-0.3, -0.25) is 0 Å². The van der Waals surface area contributed by atoms with E-state index in [4.69, 9.17) is 4.42 Å². The predicted octanol–water partition coefficient (Wildman–Crippen LogP) is 4.87. The molecule has 3 heterocycles. The Balaban J connectivity index is 2.05. The van der Waals surface area contributed by atoms with Gasteiger partial charge in [0.05, 0.1) is 6.04 Å². The maximum Gasteiger partial charge on any atom is 0.106 e. The van der Waals surface area contributed by atoms with Crippen molar-refractivity contribution in [3.8, 4) is 0 Å². The minimum Gasteiger partial charge on any atom is -0.466 e. The van der Waals surface area contributed by atoms with Gasteiger partial charge in [-0.1, -0.05) is 6.92 Å². The standard InChI is InChI=1S/C15H17NOS2/c1-4-16-15(11-7-9(2)17-10(11)3)14-8-13-12(19-14)5-6-18-13/h5-8,15-16H,4H2,1-3H3. The minimum absolute atomic E-state index is 0.243.